The number of hydrogen-bond acceptors (Lipinski definition) is 3. The van der Waals surface area contributed by atoms with Gasteiger partial charge < -0.3 is 5.73 Å². The molecule has 3 heteroatoms. The van der Waals surface area contributed by atoms with Crippen molar-refractivity contribution in [3.05, 3.63) is 35.4 Å². The Hall–Kier alpha value is -1.09. The van der Waals surface area contributed by atoms with Crippen LogP contribution in [0.2, 0.25) is 0 Å². The number of nitrogens with zero attached hydrogens (tertiary/aromatic N) is 1. The Morgan fingerprint density at radius 2 is 2.42 bits per heavy atom. The molecule has 0 saturated heterocycles. The van der Waals surface area contributed by atoms with E-state index in [0.717, 1.165) is 12.1 Å². The quantitative estimate of drug-likeness (QED) is 0.716. The smallest absolute Gasteiger partial charge is 0.180 e. The van der Waals surface area contributed by atoms with Crippen LogP contribution in [0.3, 0.4) is 0 Å². The van der Waals surface area contributed by atoms with E-state index in [0.29, 0.717) is 11.0 Å². The topological polar surface area (TPSA) is 38.9 Å². The van der Waals surface area contributed by atoms with Crippen LogP contribution in [0, 0.1) is 0 Å². The Kier molecular flexibility index (Phi) is 1.96. The van der Waals surface area contributed by atoms with Gasteiger partial charge in [0.25, 0.3) is 0 Å². The van der Waals surface area contributed by atoms with Gasteiger partial charge >= 0.3 is 0 Å². The molecule has 0 spiro atoms. The van der Waals surface area contributed by atoms with Gasteiger partial charge in [0.2, 0.25) is 0 Å². The summed E-state index contributed by atoms with van der Waals surface area (Å²) in [6.45, 7) is 0. The lowest BCUT2D eigenvalue weighted by Crippen LogP contribution is -1.96. The van der Waals surface area contributed by atoms with Gasteiger partial charge in [-0.3, -0.25) is 0 Å². The molecule has 1 aliphatic rings. The third-order valence-corrected chi connectivity index (χ3v) is 2.59. The monoisotopic (exact) mass is 178 g/mol. The maximum atomic E-state index is 5.55. The van der Waals surface area contributed by atoms with Crippen LogP contribution in [0.1, 0.15) is 18.0 Å². The van der Waals surface area contributed by atoms with Crippen LogP contribution >= 0.6 is 11.3 Å². The molecule has 1 aliphatic carbocycles. The van der Waals surface area contributed by atoms with Crippen LogP contribution in [0.15, 0.2) is 29.7 Å². The van der Waals surface area contributed by atoms with Crippen molar-refractivity contribution in [2.45, 2.75) is 12.3 Å². The van der Waals surface area contributed by atoms with E-state index in [1.54, 1.807) is 0 Å². The molecular formula is C9H10N2S. The molecule has 0 aromatic carbocycles. The standard InChI is InChI=1S/C9H10N2S/c10-9-11-8(6-12-9)7-4-2-1-3-5-7/h1-4,6-7H,5H2,(H2,10,11). The first-order chi connectivity index (χ1) is 5.86. The predicted octanol–water partition coefficient (Wildman–Crippen LogP) is 2.33. The predicted molar refractivity (Wildman–Crippen MR) is 52.2 cm³/mol. The molecule has 0 fully saturated rings. The molecule has 0 aliphatic heterocycles. The lowest BCUT2D eigenvalue weighted by atomic mass is 9.98. The lowest BCUT2D eigenvalue weighted by Gasteiger charge is -2.08. The average Bonchev–Trinajstić information content (AvgIpc) is 2.54. The average molecular weight is 178 g/mol. The molecule has 2 N–H and O–H groups in total. The highest BCUT2D eigenvalue weighted by atomic mass is 32.1. The van der Waals surface area contributed by atoms with Gasteiger partial charge in [-0.25, -0.2) is 4.98 Å². The normalized spacial score (nSPS) is 21.5. The zero-order valence-electron chi connectivity index (χ0n) is 6.60. The fourth-order valence-electron chi connectivity index (χ4n) is 1.27. The molecule has 2 nitrogen and oxygen atoms in total. The Labute approximate surface area is 75.4 Å². The molecule has 1 atom stereocenters. The van der Waals surface area contributed by atoms with Gasteiger partial charge in [0.05, 0.1) is 5.69 Å². The van der Waals surface area contributed by atoms with Gasteiger partial charge in [0.15, 0.2) is 5.13 Å². The van der Waals surface area contributed by atoms with Crippen molar-refractivity contribution in [1.82, 2.24) is 4.98 Å². The van der Waals surface area contributed by atoms with Crippen LogP contribution in [0.25, 0.3) is 0 Å². The molecule has 0 bridgehead atoms. The van der Waals surface area contributed by atoms with E-state index in [-0.39, 0.29) is 0 Å². The van der Waals surface area contributed by atoms with Crippen molar-refractivity contribution in [3.8, 4) is 0 Å². The third-order valence-electron chi connectivity index (χ3n) is 1.90. The molecule has 0 radical (unpaired) electrons. The largest absolute Gasteiger partial charge is 0.375 e. The minimum atomic E-state index is 0.434. The third kappa shape index (κ3) is 1.41. The fourth-order valence-corrected chi connectivity index (χ4v) is 1.90. The molecule has 1 unspecified atom stereocenters. The van der Waals surface area contributed by atoms with E-state index in [9.17, 15) is 0 Å². The fraction of sp³-hybridized carbons (Fsp3) is 0.222. The summed E-state index contributed by atoms with van der Waals surface area (Å²) in [6.07, 6.45) is 9.48. The molecule has 0 saturated carbocycles. The van der Waals surface area contributed by atoms with Gasteiger partial charge in [-0.05, 0) is 6.42 Å². The van der Waals surface area contributed by atoms with Crippen molar-refractivity contribution in [2.75, 3.05) is 5.73 Å². The van der Waals surface area contributed by atoms with Gasteiger partial charge in [0.1, 0.15) is 0 Å². The van der Waals surface area contributed by atoms with E-state index in [4.69, 9.17) is 5.73 Å². The Balaban J connectivity index is 2.20. The van der Waals surface area contributed by atoms with Crippen LogP contribution in [0.4, 0.5) is 5.13 Å². The molecule has 0 amide bonds. The van der Waals surface area contributed by atoms with E-state index in [1.807, 2.05) is 5.38 Å². The zero-order valence-corrected chi connectivity index (χ0v) is 7.42. The molecule has 1 heterocycles. The first-order valence-electron chi connectivity index (χ1n) is 3.90. The minimum Gasteiger partial charge on any atom is -0.375 e. The SMILES string of the molecule is Nc1nc(C2C=CC=CC2)cs1. The number of allylic oxidation sites excluding steroid dienone is 4. The number of anilines is 1. The lowest BCUT2D eigenvalue weighted by molar-refractivity contribution is 0.826. The zero-order chi connectivity index (χ0) is 8.39. The van der Waals surface area contributed by atoms with E-state index in [2.05, 4.69) is 29.3 Å². The summed E-state index contributed by atoms with van der Waals surface area (Å²) >= 11 is 1.51. The summed E-state index contributed by atoms with van der Waals surface area (Å²) < 4.78 is 0. The molecule has 12 heavy (non-hydrogen) atoms. The first-order valence-corrected chi connectivity index (χ1v) is 4.78. The van der Waals surface area contributed by atoms with Crippen LogP contribution in [0.5, 0.6) is 0 Å². The summed E-state index contributed by atoms with van der Waals surface area (Å²) in [5.74, 6) is 0.434. The first kappa shape index (κ1) is 7.55. The van der Waals surface area contributed by atoms with E-state index < -0.39 is 0 Å². The number of rotatable bonds is 1. The molecule has 62 valence electrons. The van der Waals surface area contributed by atoms with E-state index in [1.165, 1.54) is 11.3 Å². The molecular weight excluding hydrogens is 168 g/mol. The Morgan fingerprint density at radius 3 is 3.00 bits per heavy atom. The van der Waals surface area contributed by atoms with E-state index >= 15 is 0 Å². The highest BCUT2D eigenvalue weighted by Crippen LogP contribution is 2.26. The van der Waals surface area contributed by atoms with Gasteiger partial charge in [-0.1, -0.05) is 24.3 Å². The maximum absolute atomic E-state index is 5.55. The van der Waals surface area contributed by atoms with Crippen LogP contribution in [-0.4, -0.2) is 4.98 Å². The van der Waals surface area contributed by atoms with Crippen LogP contribution in [-0.2, 0) is 0 Å². The summed E-state index contributed by atoms with van der Waals surface area (Å²) in [7, 11) is 0. The highest BCUT2D eigenvalue weighted by molar-refractivity contribution is 7.13. The Bertz CT molecular complexity index is 325. The van der Waals surface area contributed by atoms with Crippen molar-refractivity contribution in [2.24, 2.45) is 0 Å². The van der Waals surface area contributed by atoms with Crippen LogP contribution < -0.4 is 5.73 Å². The second-order valence-electron chi connectivity index (χ2n) is 2.77. The number of nitrogen functional groups attached to an aromatic ring is 1. The number of nitrogens with two attached hydrogens (primary N) is 1. The Morgan fingerprint density at radius 1 is 1.50 bits per heavy atom. The van der Waals surface area contributed by atoms with Crippen molar-refractivity contribution in [3.63, 3.8) is 0 Å². The van der Waals surface area contributed by atoms with Gasteiger partial charge in [-0.15, -0.1) is 11.3 Å². The summed E-state index contributed by atoms with van der Waals surface area (Å²) in [4.78, 5) is 4.25. The molecule has 1 aromatic rings. The number of thiazole rings is 1. The van der Waals surface area contributed by atoms with Gasteiger partial charge in [-0.2, -0.15) is 0 Å². The minimum absolute atomic E-state index is 0.434. The second-order valence-corrected chi connectivity index (χ2v) is 3.66. The molecule has 2 rings (SSSR count). The van der Waals surface area contributed by atoms with Crippen molar-refractivity contribution in [1.29, 1.82) is 0 Å². The highest BCUT2D eigenvalue weighted by Gasteiger charge is 2.10. The number of aromatic nitrogens is 1. The summed E-state index contributed by atoms with van der Waals surface area (Å²) in [5.41, 5.74) is 6.65. The summed E-state index contributed by atoms with van der Waals surface area (Å²) in [6, 6.07) is 0. The van der Waals surface area contributed by atoms with Gasteiger partial charge in [0, 0.05) is 11.3 Å². The maximum Gasteiger partial charge on any atom is 0.180 e. The second kappa shape index (κ2) is 3.11. The number of hydrogen-bond donors (Lipinski definition) is 1. The summed E-state index contributed by atoms with van der Waals surface area (Å²) in [5, 5.41) is 2.69. The van der Waals surface area contributed by atoms with Crippen molar-refractivity contribution < 1.29 is 0 Å². The molecule has 1 aromatic heterocycles. The van der Waals surface area contributed by atoms with Crippen molar-refractivity contribution >= 4 is 16.5 Å².